The highest BCUT2D eigenvalue weighted by Crippen LogP contribution is 2.11. The second-order valence-corrected chi connectivity index (χ2v) is 8.27. The second kappa shape index (κ2) is 7.79. The first-order valence-electron chi connectivity index (χ1n) is 7.55. The number of hydrogen-bond acceptors (Lipinski definition) is 4. The van der Waals surface area contributed by atoms with Gasteiger partial charge in [-0.2, -0.15) is 0 Å². The molecule has 1 unspecified atom stereocenters. The average molecular weight is 342 g/mol. The van der Waals surface area contributed by atoms with E-state index < -0.39 is 21.7 Å². The largest absolute Gasteiger partial charge is 0.444 e. The van der Waals surface area contributed by atoms with Gasteiger partial charge in [0.05, 0.1) is 4.90 Å². The quantitative estimate of drug-likeness (QED) is 0.832. The number of aryl methyl sites for hydroxylation is 1. The second-order valence-electron chi connectivity index (χ2n) is 6.55. The van der Waals surface area contributed by atoms with Gasteiger partial charge in [0.25, 0.3) is 0 Å². The number of alkyl carbamates (subject to hydrolysis) is 1. The number of ether oxygens (including phenoxy) is 1. The molecule has 1 atom stereocenters. The zero-order chi connectivity index (χ0) is 17.7. The molecule has 0 bridgehead atoms. The fourth-order valence-corrected chi connectivity index (χ4v) is 3.09. The van der Waals surface area contributed by atoms with Gasteiger partial charge in [-0.05, 0) is 53.2 Å². The maximum atomic E-state index is 12.2. The van der Waals surface area contributed by atoms with Crippen molar-refractivity contribution in [3.63, 3.8) is 0 Å². The van der Waals surface area contributed by atoms with Crippen molar-refractivity contribution in [2.75, 3.05) is 6.54 Å². The molecule has 0 aromatic heterocycles. The van der Waals surface area contributed by atoms with Crippen molar-refractivity contribution in [2.24, 2.45) is 0 Å². The minimum absolute atomic E-state index is 0.232. The first-order chi connectivity index (χ1) is 10.5. The normalized spacial score (nSPS) is 13.4. The minimum Gasteiger partial charge on any atom is -0.444 e. The highest BCUT2D eigenvalue weighted by atomic mass is 32.2. The lowest BCUT2D eigenvalue weighted by atomic mass is 10.2. The van der Waals surface area contributed by atoms with E-state index in [1.165, 1.54) is 0 Å². The molecule has 0 fully saturated rings. The topological polar surface area (TPSA) is 84.5 Å². The van der Waals surface area contributed by atoms with Crippen LogP contribution in [0.25, 0.3) is 0 Å². The van der Waals surface area contributed by atoms with Crippen LogP contribution in [0.2, 0.25) is 0 Å². The molecule has 23 heavy (non-hydrogen) atoms. The zero-order valence-corrected chi connectivity index (χ0v) is 15.2. The molecule has 6 nitrogen and oxygen atoms in total. The minimum atomic E-state index is -3.55. The van der Waals surface area contributed by atoms with Gasteiger partial charge in [-0.3, -0.25) is 0 Å². The molecule has 1 aromatic rings. The van der Waals surface area contributed by atoms with Crippen molar-refractivity contribution in [3.05, 3.63) is 29.8 Å². The predicted molar refractivity (Wildman–Crippen MR) is 89.8 cm³/mol. The fraction of sp³-hybridized carbons (Fsp3) is 0.562. The first kappa shape index (κ1) is 19.4. The molecular formula is C16H26N2O4S. The van der Waals surface area contributed by atoms with Gasteiger partial charge in [-0.1, -0.05) is 17.7 Å². The fourth-order valence-electron chi connectivity index (χ4n) is 1.81. The van der Waals surface area contributed by atoms with Crippen LogP contribution in [-0.4, -0.2) is 32.7 Å². The Labute approximate surface area is 138 Å². The van der Waals surface area contributed by atoms with Crippen molar-refractivity contribution >= 4 is 16.1 Å². The highest BCUT2D eigenvalue weighted by Gasteiger charge is 2.18. The number of benzene rings is 1. The smallest absolute Gasteiger partial charge is 0.407 e. The van der Waals surface area contributed by atoms with Crippen LogP contribution in [0.15, 0.2) is 29.2 Å². The lowest BCUT2D eigenvalue weighted by Crippen LogP contribution is -2.37. The monoisotopic (exact) mass is 342 g/mol. The molecule has 130 valence electrons. The molecule has 1 amide bonds. The van der Waals surface area contributed by atoms with E-state index in [1.54, 1.807) is 52.0 Å². The Bertz CT molecular complexity index is 618. The molecule has 7 heteroatoms. The predicted octanol–water partition coefficient (Wildman–Crippen LogP) is 2.58. The third-order valence-corrected chi connectivity index (χ3v) is 4.54. The SMILES string of the molecule is Cc1ccc(S(=O)(=O)NC(C)CCNC(=O)OC(C)(C)C)cc1. The van der Waals surface area contributed by atoms with Gasteiger partial charge < -0.3 is 10.1 Å². The average Bonchev–Trinajstić information content (AvgIpc) is 2.36. The molecule has 0 saturated carbocycles. The summed E-state index contributed by atoms with van der Waals surface area (Å²) in [4.78, 5) is 11.7. The third kappa shape index (κ3) is 7.47. The van der Waals surface area contributed by atoms with Gasteiger partial charge >= 0.3 is 6.09 Å². The van der Waals surface area contributed by atoms with Crippen molar-refractivity contribution in [1.82, 2.24) is 10.0 Å². The summed E-state index contributed by atoms with van der Waals surface area (Å²) in [5.74, 6) is 0. The number of carbonyl (C=O) groups is 1. The van der Waals surface area contributed by atoms with Crippen LogP contribution in [0.4, 0.5) is 4.79 Å². The standard InChI is InChI=1S/C16H26N2O4S/c1-12-6-8-14(9-7-12)23(20,21)18-13(2)10-11-17-15(19)22-16(3,4)5/h6-9,13,18H,10-11H2,1-5H3,(H,17,19). The van der Waals surface area contributed by atoms with Crippen molar-refractivity contribution < 1.29 is 17.9 Å². The van der Waals surface area contributed by atoms with Crippen molar-refractivity contribution in [1.29, 1.82) is 0 Å². The van der Waals surface area contributed by atoms with E-state index in [1.807, 2.05) is 6.92 Å². The Balaban J connectivity index is 2.45. The number of hydrogen-bond donors (Lipinski definition) is 2. The number of carbonyl (C=O) groups excluding carboxylic acids is 1. The van der Waals surface area contributed by atoms with Crippen molar-refractivity contribution in [3.8, 4) is 0 Å². The molecule has 0 radical (unpaired) electrons. The molecule has 1 rings (SSSR count). The molecule has 0 heterocycles. The Hall–Kier alpha value is -1.60. The van der Waals surface area contributed by atoms with Crippen LogP contribution in [-0.2, 0) is 14.8 Å². The maximum Gasteiger partial charge on any atom is 0.407 e. The van der Waals surface area contributed by atoms with E-state index in [-0.39, 0.29) is 10.9 Å². The van der Waals surface area contributed by atoms with E-state index in [0.29, 0.717) is 13.0 Å². The Morgan fingerprint density at radius 1 is 1.22 bits per heavy atom. The van der Waals surface area contributed by atoms with E-state index >= 15 is 0 Å². The molecule has 2 N–H and O–H groups in total. The molecule has 0 aliphatic rings. The van der Waals surface area contributed by atoms with Gasteiger partial charge in [-0.25, -0.2) is 17.9 Å². The third-order valence-electron chi connectivity index (χ3n) is 2.93. The van der Waals surface area contributed by atoms with Gasteiger partial charge in [-0.15, -0.1) is 0 Å². The van der Waals surface area contributed by atoms with Gasteiger partial charge in [0.2, 0.25) is 10.0 Å². The molecule has 0 aliphatic heterocycles. The van der Waals surface area contributed by atoms with Gasteiger partial charge in [0, 0.05) is 12.6 Å². The summed E-state index contributed by atoms with van der Waals surface area (Å²) in [6.07, 6.45) is -0.0456. The maximum absolute atomic E-state index is 12.2. The Kier molecular flexibility index (Phi) is 6.58. The number of rotatable bonds is 6. The summed E-state index contributed by atoms with van der Waals surface area (Å²) >= 11 is 0. The van der Waals surface area contributed by atoms with E-state index in [4.69, 9.17) is 4.74 Å². The number of amides is 1. The molecule has 0 aliphatic carbocycles. The molecule has 0 spiro atoms. The van der Waals surface area contributed by atoms with Gasteiger partial charge in [0.1, 0.15) is 5.60 Å². The summed E-state index contributed by atoms with van der Waals surface area (Å²) in [7, 11) is -3.55. The van der Waals surface area contributed by atoms with Crippen molar-refractivity contribution in [2.45, 2.75) is 57.6 Å². The van der Waals surface area contributed by atoms with Crippen LogP contribution in [0.1, 0.15) is 39.7 Å². The van der Waals surface area contributed by atoms with E-state index in [2.05, 4.69) is 10.0 Å². The Morgan fingerprint density at radius 3 is 2.30 bits per heavy atom. The summed E-state index contributed by atoms with van der Waals surface area (Å²) in [5, 5.41) is 2.61. The lowest BCUT2D eigenvalue weighted by molar-refractivity contribution is 0.0526. The first-order valence-corrected chi connectivity index (χ1v) is 9.04. The van der Waals surface area contributed by atoms with Crippen LogP contribution >= 0.6 is 0 Å². The zero-order valence-electron chi connectivity index (χ0n) is 14.3. The summed E-state index contributed by atoms with van der Waals surface area (Å²) in [5.41, 5.74) is 0.446. The number of sulfonamides is 1. The lowest BCUT2D eigenvalue weighted by Gasteiger charge is -2.20. The highest BCUT2D eigenvalue weighted by molar-refractivity contribution is 7.89. The van der Waals surface area contributed by atoms with E-state index in [9.17, 15) is 13.2 Å². The summed E-state index contributed by atoms with van der Waals surface area (Å²) in [6.45, 7) is 9.32. The van der Waals surface area contributed by atoms with Crippen LogP contribution in [0.3, 0.4) is 0 Å². The Morgan fingerprint density at radius 2 is 1.78 bits per heavy atom. The summed E-state index contributed by atoms with van der Waals surface area (Å²) in [6, 6.07) is 6.34. The summed E-state index contributed by atoms with van der Waals surface area (Å²) < 4.78 is 32.1. The molecule has 0 saturated heterocycles. The van der Waals surface area contributed by atoms with Gasteiger partial charge in [0.15, 0.2) is 0 Å². The van der Waals surface area contributed by atoms with E-state index in [0.717, 1.165) is 5.56 Å². The molecule has 1 aromatic carbocycles. The van der Waals surface area contributed by atoms with Crippen LogP contribution in [0.5, 0.6) is 0 Å². The van der Waals surface area contributed by atoms with Crippen LogP contribution < -0.4 is 10.0 Å². The van der Waals surface area contributed by atoms with Crippen LogP contribution in [0, 0.1) is 6.92 Å². The number of nitrogens with one attached hydrogen (secondary N) is 2. The molecular weight excluding hydrogens is 316 g/mol.